The zero-order valence-electron chi connectivity index (χ0n) is 27.0. The van der Waals surface area contributed by atoms with E-state index in [0.29, 0.717) is 0 Å². The molecule has 0 aliphatic rings. The maximum absolute atomic E-state index is 2.45. The summed E-state index contributed by atoms with van der Waals surface area (Å²) in [6.45, 7) is 0. The third-order valence-corrected chi connectivity index (χ3v) is 9.62. The van der Waals surface area contributed by atoms with Crippen molar-refractivity contribution in [3.05, 3.63) is 200 Å². The summed E-state index contributed by atoms with van der Waals surface area (Å²) in [5.74, 6) is 0. The van der Waals surface area contributed by atoms with Gasteiger partial charge in [0.05, 0.1) is 11.4 Å². The number of benzene rings is 9. The van der Waals surface area contributed by atoms with Crippen LogP contribution in [0.15, 0.2) is 200 Å². The van der Waals surface area contributed by atoms with Crippen LogP contribution in [0.4, 0.5) is 17.1 Å². The van der Waals surface area contributed by atoms with Crippen molar-refractivity contribution in [3.8, 4) is 33.4 Å². The molecule has 0 aliphatic carbocycles. The highest BCUT2D eigenvalue weighted by Crippen LogP contribution is 2.46. The van der Waals surface area contributed by atoms with E-state index in [4.69, 9.17) is 0 Å². The molecule has 9 aromatic carbocycles. The Morgan fingerprint density at radius 2 is 0.816 bits per heavy atom. The number of rotatable bonds is 6. The molecular formula is C48H33N. The van der Waals surface area contributed by atoms with E-state index in [1.807, 2.05) is 0 Å². The van der Waals surface area contributed by atoms with Gasteiger partial charge in [-0.25, -0.2) is 0 Å². The molecule has 1 nitrogen and oxygen atoms in total. The Kier molecular flexibility index (Phi) is 7.22. The predicted molar refractivity (Wildman–Crippen MR) is 210 cm³/mol. The van der Waals surface area contributed by atoms with Gasteiger partial charge in [0.15, 0.2) is 0 Å². The molecule has 1 heteroatoms. The first-order valence-electron chi connectivity index (χ1n) is 16.9. The summed E-state index contributed by atoms with van der Waals surface area (Å²) < 4.78 is 0. The number of anilines is 3. The van der Waals surface area contributed by atoms with E-state index in [1.165, 1.54) is 65.7 Å². The highest BCUT2D eigenvalue weighted by Gasteiger charge is 2.21. The second-order valence-electron chi connectivity index (χ2n) is 12.5. The summed E-state index contributed by atoms with van der Waals surface area (Å²) in [4.78, 5) is 2.45. The van der Waals surface area contributed by atoms with Gasteiger partial charge in [0, 0.05) is 16.6 Å². The van der Waals surface area contributed by atoms with Crippen molar-refractivity contribution in [2.24, 2.45) is 0 Å². The van der Waals surface area contributed by atoms with Crippen LogP contribution in [0.1, 0.15) is 0 Å². The molecule has 9 rings (SSSR count). The molecule has 0 amide bonds. The standard InChI is InChI=1S/C48H33N/c1-2-15-35(16-3-1)44-26-10-11-30-47(44)49(48-33-39-18-5-7-25-43(39)45-27-8-9-28-46(45)48)40-23-13-21-37(32-40)36-20-12-22-38(31-36)42-29-14-19-34-17-4-6-24-41(34)42/h1-33H. The minimum Gasteiger partial charge on any atom is -0.309 e. The highest BCUT2D eigenvalue weighted by atomic mass is 15.1. The molecule has 0 bridgehead atoms. The number of hydrogen-bond acceptors (Lipinski definition) is 1. The maximum Gasteiger partial charge on any atom is 0.0546 e. The highest BCUT2D eigenvalue weighted by molar-refractivity contribution is 6.15. The maximum atomic E-state index is 2.45. The first kappa shape index (κ1) is 28.8. The van der Waals surface area contributed by atoms with Crippen molar-refractivity contribution in [1.82, 2.24) is 0 Å². The normalized spacial score (nSPS) is 11.3. The van der Waals surface area contributed by atoms with Crippen LogP contribution in [-0.2, 0) is 0 Å². The average Bonchev–Trinajstić information content (AvgIpc) is 3.18. The Bertz CT molecular complexity index is 2610. The van der Waals surface area contributed by atoms with Gasteiger partial charge in [0.25, 0.3) is 0 Å². The molecule has 0 saturated carbocycles. The lowest BCUT2D eigenvalue weighted by molar-refractivity contribution is 1.30. The third-order valence-electron chi connectivity index (χ3n) is 9.62. The van der Waals surface area contributed by atoms with Crippen LogP contribution in [0.25, 0.3) is 65.7 Å². The van der Waals surface area contributed by atoms with Crippen molar-refractivity contribution in [1.29, 1.82) is 0 Å². The van der Waals surface area contributed by atoms with Gasteiger partial charge in [-0.1, -0.05) is 170 Å². The largest absolute Gasteiger partial charge is 0.309 e. The molecule has 0 aromatic heterocycles. The second kappa shape index (κ2) is 12.3. The Balaban J connectivity index is 1.26. The van der Waals surface area contributed by atoms with E-state index in [9.17, 15) is 0 Å². The third kappa shape index (κ3) is 5.23. The number of fused-ring (bicyclic) bond motifs is 4. The second-order valence-corrected chi connectivity index (χ2v) is 12.5. The van der Waals surface area contributed by atoms with Crippen molar-refractivity contribution < 1.29 is 0 Å². The van der Waals surface area contributed by atoms with E-state index in [-0.39, 0.29) is 0 Å². The van der Waals surface area contributed by atoms with Crippen LogP contribution >= 0.6 is 0 Å². The summed E-state index contributed by atoms with van der Waals surface area (Å²) in [6.07, 6.45) is 0. The van der Waals surface area contributed by atoms with Gasteiger partial charge in [-0.2, -0.15) is 0 Å². The topological polar surface area (TPSA) is 3.24 Å². The molecule has 0 saturated heterocycles. The molecule has 0 fully saturated rings. The zero-order valence-corrected chi connectivity index (χ0v) is 27.0. The van der Waals surface area contributed by atoms with Crippen LogP contribution in [-0.4, -0.2) is 0 Å². The lowest BCUT2D eigenvalue weighted by Gasteiger charge is -2.30. The van der Waals surface area contributed by atoms with E-state index >= 15 is 0 Å². The van der Waals surface area contributed by atoms with Crippen molar-refractivity contribution in [2.75, 3.05) is 4.90 Å². The lowest BCUT2D eigenvalue weighted by Crippen LogP contribution is -2.12. The predicted octanol–water partition coefficient (Wildman–Crippen LogP) is 13.6. The fraction of sp³-hybridized carbons (Fsp3) is 0. The van der Waals surface area contributed by atoms with Crippen molar-refractivity contribution in [3.63, 3.8) is 0 Å². The van der Waals surface area contributed by atoms with Crippen molar-refractivity contribution >= 4 is 49.4 Å². The van der Waals surface area contributed by atoms with E-state index in [0.717, 1.165) is 17.1 Å². The van der Waals surface area contributed by atoms with Crippen LogP contribution in [0.3, 0.4) is 0 Å². The zero-order chi connectivity index (χ0) is 32.6. The molecule has 9 aromatic rings. The quantitative estimate of drug-likeness (QED) is 0.167. The van der Waals surface area contributed by atoms with Gasteiger partial charge < -0.3 is 4.90 Å². The minimum absolute atomic E-state index is 1.11. The van der Waals surface area contributed by atoms with E-state index in [1.54, 1.807) is 0 Å². The first-order chi connectivity index (χ1) is 24.3. The lowest BCUT2D eigenvalue weighted by atomic mass is 9.94. The fourth-order valence-electron chi connectivity index (χ4n) is 7.33. The van der Waals surface area contributed by atoms with Gasteiger partial charge in [0.1, 0.15) is 0 Å². The number of para-hydroxylation sites is 1. The Hall–Kier alpha value is -6.44. The van der Waals surface area contributed by atoms with Gasteiger partial charge in [0.2, 0.25) is 0 Å². The number of hydrogen-bond donors (Lipinski definition) is 0. The van der Waals surface area contributed by atoms with Gasteiger partial charge >= 0.3 is 0 Å². The average molecular weight is 624 g/mol. The molecule has 0 spiro atoms. The number of nitrogens with zero attached hydrogens (tertiary/aromatic N) is 1. The van der Waals surface area contributed by atoms with Crippen LogP contribution in [0.5, 0.6) is 0 Å². The Morgan fingerprint density at radius 1 is 0.265 bits per heavy atom. The molecule has 0 heterocycles. The fourth-order valence-corrected chi connectivity index (χ4v) is 7.33. The summed E-state index contributed by atoms with van der Waals surface area (Å²) in [5, 5.41) is 7.46. The summed E-state index contributed by atoms with van der Waals surface area (Å²) in [5.41, 5.74) is 10.6. The van der Waals surface area contributed by atoms with Crippen LogP contribution < -0.4 is 4.90 Å². The van der Waals surface area contributed by atoms with Gasteiger partial charge in [-0.15, -0.1) is 0 Å². The molecule has 0 radical (unpaired) electrons. The molecule has 230 valence electrons. The van der Waals surface area contributed by atoms with Gasteiger partial charge in [-0.3, -0.25) is 0 Å². The molecule has 0 N–H and O–H groups in total. The molecular weight excluding hydrogens is 591 g/mol. The SMILES string of the molecule is c1ccc(-c2ccccc2N(c2cccc(-c3cccc(-c4cccc5ccccc45)c3)c2)c2cc3ccccc3c3ccccc23)cc1. The summed E-state index contributed by atoms with van der Waals surface area (Å²) >= 11 is 0. The van der Waals surface area contributed by atoms with Gasteiger partial charge in [-0.05, 0) is 85.1 Å². The van der Waals surface area contributed by atoms with E-state index < -0.39 is 0 Å². The minimum atomic E-state index is 1.11. The monoisotopic (exact) mass is 623 g/mol. The van der Waals surface area contributed by atoms with Crippen molar-refractivity contribution in [2.45, 2.75) is 0 Å². The van der Waals surface area contributed by atoms with E-state index in [2.05, 4.69) is 205 Å². The van der Waals surface area contributed by atoms with Crippen LogP contribution in [0, 0.1) is 0 Å². The molecule has 0 aliphatic heterocycles. The Morgan fingerprint density at radius 3 is 1.67 bits per heavy atom. The smallest absolute Gasteiger partial charge is 0.0546 e. The first-order valence-corrected chi connectivity index (χ1v) is 16.9. The molecule has 49 heavy (non-hydrogen) atoms. The van der Waals surface area contributed by atoms with Crippen LogP contribution in [0.2, 0.25) is 0 Å². The summed E-state index contributed by atoms with van der Waals surface area (Å²) in [6, 6.07) is 72.5. The summed E-state index contributed by atoms with van der Waals surface area (Å²) in [7, 11) is 0. The molecule has 0 atom stereocenters. The Labute approximate surface area is 287 Å². The molecule has 0 unspecified atom stereocenters.